The SMILES string of the molecule is CCOC(=O)CCSC(=O)CNC(=O)[C@H](CC(N)=O)NC(=O)CNC(=O)CNC(=O)c1coc(-c2csc(CNC(=O)[C@H](CC(N)=O)NC(=O)[C@H](CO)NC(=O)c3csc(CNC(=O)CNC(=O)c4csc(CNC(=O)CNC(=O)C(F)(F)F)n4)n3)n2)n1. The van der Waals surface area contributed by atoms with E-state index in [1.165, 1.54) is 21.5 Å². The second-order valence-electron chi connectivity index (χ2n) is 17.2. The zero-order chi connectivity index (χ0) is 65.1. The fourth-order valence-corrected chi connectivity index (χ4v) is 9.13. The van der Waals surface area contributed by atoms with Gasteiger partial charge in [0.1, 0.15) is 56.5 Å². The Morgan fingerprint density at radius 3 is 1.67 bits per heavy atom. The molecule has 476 valence electrons. The summed E-state index contributed by atoms with van der Waals surface area (Å²) in [5, 5.41) is 38.2. The lowest BCUT2D eigenvalue weighted by Crippen LogP contribution is -2.55. The molecule has 0 spiro atoms. The number of thioether (sulfide) groups is 1. The smallest absolute Gasteiger partial charge is 0.466 e. The fourth-order valence-electron chi connectivity index (χ4n) is 6.32. The van der Waals surface area contributed by atoms with Gasteiger partial charge in [-0.25, -0.2) is 19.9 Å². The Balaban J connectivity index is 1.17. The zero-order valence-electron chi connectivity index (χ0n) is 45.5. The quantitative estimate of drug-likeness (QED) is 0.0191. The number of nitrogens with one attached hydrogen (secondary N) is 11. The molecule has 0 saturated carbocycles. The van der Waals surface area contributed by atoms with Gasteiger partial charge in [-0.05, 0) is 6.92 Å². The normalized spacial score (nSPS) is 11.9. The molecule has 0 radical (unpaired) electrons. The van der Waals surface area contributed by atoms with Crippen LogP contribution in [-0.4, -0.2) is 189 Å². The molecule has 0 fully saturated rings. The molecule has 4 aromatic heterocycles. The number of aliphatic hydroxyl groups excluding tert-OH is 1. The molecule has 0 aliphatic heterocycles. The van der Waals surface area contributed by atoms with Crippen molar-refractivity contribution in [1.82, 2.24) is 78.4 Å². The number of esters is 1. The van der Waals surface area contributed by atoms with Crippen molar-refractivity contribution < 1.29 is 99.3 Å². The second kappa shape index (κ2) is 35.2. The molecular weight excluding hydrogens is 1260 g/mol. The minimum absolute atomic E-state index is 0.0478. The lowest BCUT2D eigenvalue weighted by molar-refractivity contribution is -0.173. The van der Waals surface area contributed by atoms with Gasteiger partial charge in [-0.2, -0.15) is 13.2 Å². The molecule has 4 aromatic rings. The number of carbonyl (C=O) groups is 15. The summed E-state index contributed by atoms with van der Waals surface area (Å²) in [7, 11) is 0. The number of carbonyl (C=O) groups excluding carboxylic acids is 15. The van der Waals surface area contributed by atoms with E-state index < -0.39 is 164 Å². The fraction of sp³-hybridized carbons (Fsp3) is 0.413. The van der Waals surface area contributed by atoms with Crippen LogP contribution in [0.4, 0.5) is 13.2 Å². The largest absolute Gasteiger partial charge is 0.471 e. The highest BCUT2D eigenvalue weighted by molar-refractivity contribution is 8.13. The first-order valence-corrected chi connectivity index (χ1v) is 28.7. The Morgan fingerprint density at radius 1 is 0.580 bits per heavy atom. The van der Waals surface area contributed by atoms with E-state index in [0.29, 0.717) is 0 Å². The molecule has 0 unspecified atom stereocenters. The summed E-state index contributed by atoms with van der Waals surface area (Å²) in [4.78, 5) is 201. The molecule has 16 N–H and O–H groups in total. The molecular formula is C46H54F3N17O18S4. The molecule has 3 atom stereocenters. The Kier molecular flexibility index (Phi) is 28.3. The van der Waals surface area contributed by atoms with Crippen LogP contribution in [0, 0.1) is 0 Å². The standard InChI is InChI=1S/C46H54F3N17O18S4/c1-2-83-36(74)3-4-85-37(75)14-58-38(76)20(5-27(50)68)60-32(73)10-52-29(70)7-55-40(78)23-16-84-44(66-23)26-19-88-35(63-26)13-57-39(77)21(6-28(51)69)64-42(80)22(15-67)65-43(81)25-18-87-34(62-25)12-53-30(71)8-56-41(79)24-17-86-33(61-24)11-54-31(72)9-59-45(82)46(47,48)49/h16-22,67H,2-15H2,1H3,(H2,50,68)(H2,51,69)(H,52,70)(H,53,71)(H,54,72)(H,55,78)(H,56,79)(H,57,77)(H,58,76)(H,59,82)(H,60,73)(H,64,80)(H,65,81)/t20-,21-,22-/m0/s1. The number of thiazole rings is 3. The molecule has 88 heavy (non-hydrogen) atoms. The highest BCUT2D eigenvalue weighted by atomic mass is 32.2. The predicted molar refractivity (Wildman–Crippen MR) is 296 cm³/mol. The Labute approximate surface area is 508 Å². The summed E-state index contributed by atoms with van der Waals surface area (Å²) >= 11 is 3.55. The van der Waals surface area contributed by atoms with E-state index in [1.54, 1.807) is 6.92 Å². The first-order chi connectivity index (χ1) is 41.6. The van der Waals surface area contributed by atoms with E-state index in [-0.39, 0.29) is 82.1 Å². The van der Waals surface area contributed by atoms with Gasteiger partial charge < -0.3 is 84.2 Å². The molecule has 42 heteroatoms. The number of primary amides is 2. The summed E-state index contributed by atoms with van der Waals surface area (Å²) in [6.45, 7) is -3.45. The summed E-state index contributed by atoms with van der Waals surface area (Å²) < 4.78 is 47.0. The van der Waals surface area contributed by atoms with Crippen molar-refractivity contribution in [2.75, 3.05) is 51.7 Å². The van der Waals surface area contributed by atoms with Crippen molar-refractivity contribution in [3.8, 4) is 11.6 Å². The third kappa shape index (κ3) is 25.2. The Hall–Kier alpha value is -9.55. The summed E-state index contributed by atoms with van der Waals surface area (Å²) in [5.41, 5.74) is 9.88. The van der Waals surface area contributed by atoms with Crippen molar-refractivity contribution >= 4 is 134 Å². The maximum Gasteiger partial charge on any atom is 0.471 e. The Bertz CT molecular complexity index is 3240. The second-order valence-corrected chi connectivity index (χ2v) is 21.2. The summed E-state index contributed by atoms with van der Waals surface area (Å²) in [6, 6.07) is -4.85. The van der Waals surface area contributed by atoms with Gasteiger partial charge in [0.25, 0.3) is 17.7 Å². The van der Waals surface area contributed by atoms with Crippen LogP contribution in [0.1, 0.15) is 72.7 Å². The molecule has 4 heterocycles. The van der Waals surface area contributed by atoms with E-state index in [4.69, 9.17) is 20.6 Å². The highest BCUT2D eigenvalue weighted by Gasteiger charge is 2.38. The first-order valence-electron chi connectivity index (χ1n) is 25.1. The summed E-state index contributed by atoms with van der Waals surface area (Å²) in [6.07, 6.45) is -5.68. The Morgan fingerprint density at radius 2 is 1.09 bits per heavy atom. The topological polar surface area (TPSA) is 535 Å². The number of rotatable bonds is 35. The van der Waals surface area contributed by atoms with Crippen LogP contribution in [0.5, 0.6) is 0 Å². The van der Waals surface area contributed by atoms with Crippen LogP contribution in [0.25, 0.3) is 11.6 Å². The van der Waals surface area contributed by atoms with Crippen LogP contribution in [0.3, 0.4) is 0 Å². The lowest BCUT2D eigenvalue weighted by atomic mass is 10.1. The number of amides is 13. The third-order valence-corrected chi connectivity index (χ3v) is 13.9. The maximum atomic E-state index is 13.2. The van der Waals surface area contributed by atoms with Crippen LogP contribution in [0.2, 0.25) is 0 Å². The first kappa shape index (κ1) is 70.9. The van der Waals surface area contributed by atoms with E-state index in [1.807, 2.05) is 0 Å². The van der Waals surface area contributed by atoms with Gasteiger partial charge in [-0.3, -0.25) is 71.9 Å². The minimum Gasteiger partial charge on any atom is -0.466 e. The molecule has 0 aliphatic carbocycles. The average Bonchev–Trinajstić information content (AvgIpc) is 4.47. The van der Waals surface area contributed by atoms with Crippen LogP contribution in [0.15, 0.2) is 26.8 Å². The van der Waals surface area contributed by atoms with Crippen molar-refractivity contribution in [2.45, 2.75) is 70.1 Å². The van der Waals surface area contributed by atoms with Gasteiger partial charge in [0.15, 0.2) is 5.69 Å². The van der Waals surface area contributed by atoms with Crippen molar-refractivity contribution in [3.05, 3.63) is 54.5 Å². The number of nitrogens with zero attached hydrogens (tertiary/aromatic N) is 4. The molecule has 4 rings (SSSR count). The number of ether oxygens (including phenoxy) is 1. The van der Waals surface area contributed by atoms with Gasteiger partial charge in [-0.1, -0.05) is 11.8 Å². The van der Waals surface area contributed by atoms with Gasteiger partial charge >= 0.3 is 18.1 Å². The van der Waals surface area contributed by atoms with Crippen LogP contribution in [-0.2, 0) is 81.9 Å². The number of aromatic nitrogens is 4. The molecule has 0 aliphatic rings. The number of halogens is 3. The average molecular weight is 1320 g/mol. The number of hydrogen-bond acceptors (Lipinski definition) is 26. The molecule has 13 amide bonds. The van der Waals surface area contributed by atoms with Crippen LogP contribution >= 0.6 is 45.8 Å². The van der Waals surface area contributed by atoms with Crippen molar-refractivity contribution in [3.63, 3.8) is 0 Å². The van der Waals surface area contributed by atoms with E-state index >= 15 is 0 Å². The zero-order valence-corrected chi connectivity index (χ0v) is 48.8. The van der Waals surface area contributed by atoms with E-state index in [9.17, 15) is 90.2 Å². The lowest BCUT2D eigenvalue weighted by Gasteiger charge is -2.21. The molecule has 0 saturated heterocycles. The van der Waals surface area contributed by atoms with Crippen molar-refractivity contribution in [1.29, 1.82) is 0 Å². The monoisotopic (exact) mass is 1320 g/mol. The van der Waals surface area contributed by atoms with Gasteiger partial charge in [0.05, 0.1) is 84.8 Å². The van der Waals surface area contributed by atoms with Gasteiger partial charge in [0.2, 0.25) is 64.2 Å². The number of alkyl halides is 3. The van der Waals surface area contributed by atoms with E-state index in [2.05, 4.69) is 73.1 Å². The number of aliphatic hydroxyl groups is 1. The summed E-state index contributed by atoms with van der Waals surface area (Å²) in [5.74, 6) is -14.1. The maximum absolute atomic E-state index is 13.2. The molecule has 35 nitrogen and oxygen atoms in total. The molecule has 0 bridgehead atoms. The predicted octanol–water partition coefficient (Wildman–Crippen LogP) is -5.65. The molecule has 0 aromatic carbocycles. The van der Waals surface area contributed by atoms with Gasteiger partial charge in [-0.15, -0.1) is 34.0 Å². The minimum atomic E-state index is -5.17. The number of oxazole rings is 1. The third-order valence-electron chi connectivity index (χ3n) is 10.5. The number of hydrogen-bond donors (Lipinski definition) is 14. The van der Waals surface area contributed by atoms with Crippen molar-refractivity contribution in [2.24, 2.45) is 11.5 Å². The van der Waals surface area contributed by atoms with Gasteiger partial charge in [0, 0.05) is 21.9 Å². The highest BCUT2D eigenvalue weighted by Crippen LogP contribution is 2.22. The number of nitrogens with two attached hydrogens (primary N) is 2. The van der Waals surface area contributed by atoms with Crippen LogP contribution < -0.4 is 70.0 Å². The van der Waals surface area contributed by atoms with E-state index in [0.717, 1.165) is 52.0 Å².